The van der Waals surface area contributed by atoms with Gasteiger partial charge in [-0.1, -0.05) is 43.3 Å². The van der Waals surface area contributed by atoms with Crippen LogP contribution < -0.4 is 0 Å². The fourth-order valence-electron chi connectivity index (χ4n) is 2.28. The predicted octanol–water partition coefficient (Wildman–Crippen LogP) is 4.23. The topological polar surface area (TPSA) is 34.1 Å². The molecule has 0 fully saturated rings. The second kappa shape index (κ2) is 6.93. The van der Waals surface area contributed by atoms with E-state index in [1.807, 2.05) is 25.1 Å². The molecular weight excluding hydrogens is 267 g/mol. The Morgan fingerprint density at radius 3 is 2.00 bits per heavy atom. The number of hydrogen-bond donors (Lipinski definition) is 0. The molecule has 0 aliphatic heterocycles. The van der Waals surface area contributed by atoms with Gasteiger partial charge in [-0.25, -0.2) is 4.39 Å². The van der Waals surface area contributed by atoms with Crippen molar-refractivity contribution in [2.75, 3.05) is 0 Å². The third-order valence-electron chi connectivity index (χ3n) is 3.45. The molecular formula is C18H17FO2. The molecule has 0 amide bonds. The SMILES string of the molecule is CCc1ccccc1C(=O)CCC(=O)c1ccccc1F. The van der Waals surface area contributed by atoms with E-state index in [1.54, 1.807) is 12.1 Å². The molecule has 108 valence electrons. The molecule has 0 bridgehead atoms. The third-order valence-corrected chi connectivity index (χ3v) is 3.45. The third kappa shape index (κ3) is 3.63. The first-order valence-corrected chi connectivity index (χ1v) is 7.02. The van der Waals surface area contributed by atoms with Gasteiger partial charge in [0.15, 0.2) is 11.6 Å². The zero-order valence-corrected chi connectivity index (χ0v) is 11.9. The lowest BCUT2D eigenvalue weighted by Crippen LogP contribution is -2.08. The van der Waals surface area contributed by atoms with Crippen LogP contribution >= 0.6 is 0 Å². The maximum atomic E-state index is 13.5. The van der Waals surface area contributed by atoms with Crippen LogP contribution in [0.25, 0.3) is 0 Å². The molecule has 2 rings (SSSR count). The minimum atomic E-state index is -0.538. The molecule has 0 radical (unpaired) electrons. The first-order chi connectivity index (χ1) is 10.1. The highest BCUT2D eigenvalue weighted by Gasteiger charge is 2.15. The summed E-state index contributed by atoms with van der Waals surface area (Å²) in [6, 6.07) is 13.2. The Labute approximate surface area is 123 Å². The van der Waals surface area contributed by atoms with Crippen molar-refractivity contribution in [3.8, 4) is 0 Å². The van der Waals surface area contributed by atoms with E-state index in [4.69, 9.17) is 0 Å². The van der Waals surface area contributed by atoms with Crippen LogP contribution in [-0.2, 0) is 6.42 Å². The number of carbonyl (C=O) groups excluding carboxylic acids is 2. The highest BCUT2D eigenvalue weighted by molar-refractivity contribution is 6.02. The number of Topliss-reactive ketones (excluding diaryl/α,β-unsaturated/α-hetero) is 2. The van der Waals surface area contributed by atoms with Gasteiger partial charge in [0.1, 0.15) is 5.82 Å². The number of benzene rings is 2. The van der Waals surface area contributed by atoms with Crippen LogP contribution in [0.3, 0.4) is 0 Å². The molecule has 0 aliphatic carbocycles. The highest BCUT2D eigenvalue weighted by atomic mass is 19.1. The van der Waals surface area contributed by atoms with Gasteiger partial charge in [0, 0.05) is 18.4 Å². The van der Waals surface area contributed by atoms with Crippen molar-refractivity contribution in [3.63, 3.8) is 0 Å². The van der Waals surface area contributed by atoms with E-state index in [0.717, 1.165) is 12.0 Å². The van der Waals surface area contributed by atoms with Gasteiger partial charge in [0.25, 0.3) is 0 Å². The summed E-state index contributed by atoms with van der Waals surface area (Å²) in [5, 5.41) is 0. The quantitative estimate of drug-likeness (QED) is 0.744. The molecule has 0 saturated heterocycles. The normalized spacial score (nSPS) is 10.4. The van der Waals surface area contributed by atoms with E-state index >= 15 is 0 Å². The van der Waals surface area contributed by atoms with Crippen molar-refractivity contribution in [1.82, 2.24) is 0 Å². The van der Waals surface area contributed by atoms with E-state index < -0.39 is 5.82 Å². The fraction of sp³-hybridized carbons (Fsp3) is 0.222. The van der Waals surface area contributed by atoms with Crippen LogP contribution in [0.15, 0.2) is 48.5 Å². The minimum absolute atomic E-state index is 0.0256. The van der Waals surface area contributed by atoms with Crippen LogP contribution in [0.5, 0.6) is 0 Å². The monoisotopic (exact) mass is 284 g/mol. The smallest absolute Gasteiger partial charge is 0.166 e. The summed E-state index contributed by atoms with van der Waals surface area (Å²) in [6.45, 7) is 1.98. The van der Waals surface area contributed by atoms with Crippen LogP contribution in [0.2, 0.25) is 0 Å². The Bertz CT molecular complexity index is 662. The number of hydrogen-bond acceptors (Lipinski definition) is 2. The van der Waals surface area contributed by atoms with Crippen molar-refractivity contribution >= 4 is 11.6 Å². The predicted molar refractivity (Wildman–Crippen MR) is 80.1 cm³/mol. The van der Waals surface area contributed by atoms with E-state index in [0.29, 0.717) is 5.56 Å². The minimum Gasteiger partial charge on any atom is -0.294 e. The molecule has 0 atom stereocenters. The summed E-state index contributed by atoms with van der Waals surface area (Å²) < 4.78 is 13.5. The Morgan fingerprint density at radius 2 is 1.38 bits per heavy atom. The molecule has 2 nitrogen and oxygen atoms in total. The number of carbonyl (C=O) groups is 2. The van der Waals surface area contributed by atoms with Crippen LogP contribution in [0.1, 0.15) is 46.0 Å². The maximum absolute atomic E-state index is 13.5. The first kappa shape index (κ1) is 15.1. The van der Waals surface area contributed by atoms with Gasteiger partial charge >= 0.3 is 0 Å². The molecule has 21 heavy (non-hydrogen) atoms. The van der Waals surface area contributed by atoms with Crippen molar-refractivity contribution in [1.29, 1.82) is 0 Å². The van der Waals surface area contributed by atoms with E-state index in [-0.39, 0.29) is 30.0 Å². The largest absolute Gasteiger partial charge is 0.294 e. The maximum Gasteiger partial charge on any atom is 0.166 e. The summed E-state index contributed by atoms with van der Waals surface area (Å²) in [7, 11) is 0. The number of halogens is 1. The fourth-order valence-corrected chi connectivity index (χ4v) is 2.28. The van der Waals surface area contributed by atoms with Crippen molar-refractivity contribution < 1.29 is 14.0 Å². The molecule has 2 aromatic carbocycles. The Hall–Kier alpha value is -2.29. The van der Waals surface area contributed by atoms with Gasteiger partial charge in [0.2, 0.25) is 0 Å². The van der Waals surface area contributed by atoms with Crippen molar-refractivity contribution in [3.05, 3.63) is 71.0 Å². The zero-order chi connectivity index (χ0) is 15.2. The Balaban J connectivity index is 2.05. The van der Waals surface area contributed by atoms with E-state index in [9.17, 15) is 14.0 Å². The van der Waals surface area contributed by atoms with Gasteiger partial charge in [0.05, 0.1) is 5.56 Å². The highest BCUT2D eigenvalue weighted by Crippen LogP contribution is 2.15. The second-order valence-corrected chi connectivity index (χ2v) is 4.84. The molecule has 0 aromatic heterocycles. The van der Waals surface area contributed by atoms with Gasteiger partial charge in [-0.15, -0.1) is 0 Å². The molecule has 0 N–H and O–H groups in total. The van der Waals surface area contributed by atoms with Crippen LogP contribution in [0, 0.1) is 5.82 Å². The number of aryl methyl sites for hydroxylation is 1. The van der Waals surface area contributed by atoms with Gasteiger partial charge < -0.3 is 0 Å². The van der Waals surface area contributed by atoms with Gasteiger partial charge in [-0.05, 0) is 24.1 Å². The summed E-state index contributed by atoms with van der Waals surface area (Å²) >= 11 is 0. The van der Waals surface area contributed by atoms with Crippen LogP contribution in [-0.4, -0.2) is 11.6 Å². The molecule has 0 spiro atoms. The lowest BCUT2D eigenvalue weighted by atomic mass is 9.97. The Kier molecular flexibility index (Phi) is 4.99. The van der Waals surface area contributed by atoms with E-state index in [2.05, 4.69) is 0 Å². The average Bonchev–Trinajstić information content (AvgIpc) is 2.52. The Morgan fingerprint density at radius 1 is 0.857 bits per heavy atom. The molecule has 0 aliphatic rings. The van der Waals surface area contributed by atoms with Crippen LogP contribution in [0.4, 0.5) is 4.39 Å². The summed E-state index contributed by atoms with van der Waals surface area (Å²) in [4.78, 5) is 24.2. The molecule has 2 aromatic rings. The van der Waals surface area contributed by atoms with Crippen molar-refractivity contribution in [2.24, 2.45) is 0 Å². The number of ketones is 2. The summed E-state index contributed by atoms with van der Waals surface area (Å²) in [6.07, 6.45) is 0.894. The lowest BCUT2D eigenvalue weighted by molar-refractivity contribution is 0.0914. The number of rotatable bonds is 6. The molecule has 0 unspecified atom stereocenters. The molecule has 0 heterocycles. The standard InChI is InChI=1S/C18H17FO2/c1-2-13-7-3-4-8-14(13)17(20)11-12-18(21)15-9-5-6-10-16(15)19/h3-10H,2,11-12H2,1H3. The second-order valence-electron chi connectivity index (χ2n) is 4.84. The average molecular weight is 284 g/mol. The summed E-state index contributed by atoms with van der Waals surface area (Å²) in [5.41, 5.74) is 1.68. The summed E-state index contributed by atoms with van der Waals surface area (Å²) in [5.74, 6) is -0.948. The molecule has 0 saturated carbocycles. The van der Waals surface area contributed by atoms with E-state index in [1.165, 1.54) is 18.2 Å². The van der Waals surface area contributed by atoms with Gasteiger partial charge in [-0.2, -0.15) is 0 Å². The zero-order valence-electron chi connectivity index (χ0n) is 11.9. The van der Waals surface area contributed by atoms with Gasteiger partial charge in [-0.3, -0.25) is 9.59 Å². The van der Waals surface area contributed by atoms with Crippen molar-refractivity contribution in [2.45, 2.75) is 26.2 Å². The molecule has 3 heteroatoms. The first-order valence-electron chi connectivity index (χ1n) is 7.02. The lowest BCUT2D eigenvalue weighted by Gasteiger charge is -2.06.